The van der Waals surface area contributed by atoms with E-state index in [1.807, 2.05) is 48.1 Å². The van der Waals surface area contributed by atoms with Crippen LogP contribution in [0.2, 0.25) is 0 Å². The number of nitrogens with zero attached hydrogens (tertiary/aromatic N) is 4. The van der Waals surface area contributed by atoms with E-state index in [2.05, 4.69) is 20.5 Å². The molecule has 1 N–H and O–H groups in total. The number of carbonyl (C=O) groups excluding carboxylic acids is 1. The molecule has 2 heterocycles. The van der Waals surface area contributed by atoms with Gasteiger partial charge in [-0.05, 0) is 26.0 Å². The van der Waals surface area contributed by atoms with Crippen molar-refractivity contribution in [1.82, 2.24) is 19.7 Å². The standard InChI is InChI=1S/C17H19N5O2S2/c1-4-22-14(12-6-5-7-13(10-12)24-3)20-21-17(22)26-11(2)15(23)19-16-18-8-9-25-16/h5-11H,4H2,1-3H3,(H,18,19,23)/t11-/m0/s1. The predicted octanol–water partition coefficient (Wildman–Crippen LogP) is 3.55. The van der Waals surface area contributed by atoms with Crippen LogP contribution in [0, 0.1) is 0 Å². The number of aromatic nitrogens is 4. The normalized spacial score (nSPS) is 12.0. The third-order valence-corrected chi connectivity index (χ3v) is 5.44. The van der Waals surface area contributed by atoms with Gasteiger partial charge >= 0.3 is 0 Å². The average molecular weight is 390 g/mol. The molecule has 1 amide bonds. The Morgan fingerprint density at radius 3 is 2.96 bits per heavy atom. The lowest BCUT2D eigenvalue weighted by Crippen LogP contribution is -2.22. The number of hydrogen-bond acceptors (Lipinski definition) is 7. The molecule has 0 radical (unpaired) electrons. The molecule has 26 heavy (non-hydrogen) atoms. The second-order valence-electron chi connectivity index (χ2n) is 5.37. The summed E-state index contributed by atoms with van der Waals surface area (Å²) >= 11 is 2.76. The van der Waals surface area contributed by atoms with Crippen molar-refractivity contribution in [3.05, 3.63) is 35.8 Å². The van der Waals surface area contributed by atoms with Gasteiger partial charge in [0.15, 0.2) is 16.1 Å². The minimum atomic E-state index is -0.327. The van der Waals surface area contributed by atoms with Crippen molar-refractivity contribution >= 4 is 34.1 Å². The third kappa shape index (κ3) is 4.05. The molecule has 7 nitrogen and oxygen atoms in total. The van der Waals surface area contributed by atoms with Crippen molar-refractivity contribution in [3.8, 4) is 17.1 Å². The number of anilines is 1. The average Bonchev–Trinajstić information content (AvgIpc) is 3.31. The minimum absolute atomic E-state index is 0.112. The maximum Gasteiger partial charge on any atom is 0.239 e. The number of amides is 1. The van der Waals surface area contributed by atoms with E-state index in [1.54, 1.807) is 13.3 Å². The van der Waals surface area contributed by atoms with Crippen LogP contribution < -0.4 is 10.1 Å². The number of benzene rings is 1. The Kier molecular flexibility index (Phi) is 5.89. The number of hydrogen-bond donors (Lipinski definition) is 1. The van der Waals surface area contributed by atoms with E-state index in [-0.39, 0.29) is 11.2 Å². The van der Waals surface area contributed by atoms with Gasteiger partial charge < -0.3 is 14.6 Å². The molecule has 0 saturated heterocycles. The molecule has 9 heteroatoms. The van der Waals surface area contributed by atoms with Crippen molar-refractivity contribution in [2.45, 2.75) is 30.8 Å². The summed E-state index contributed by atoms with van der Waals surface area (Å²) < 4.78 is 7.27. The first-order valence-corrected chi connectivity index (χ1v) is 9.83. The topological polar surface area (TPSA) is 81.9 Å². The monoisotopic (exact) mass is 389 g/mol. The summed E-state index contributed by atoms with van der Waals surface area (Å²) in [7, 11) is 1.63. The lowest BCUT2D eigenvalue weighted by Gasteiger charge is -2.12. The van der Waals surface area contributed by atoms with Gasteiger partial charge in [0.2, 0.25) is 5.91 Å². The number of thiazole rings is 1. The number of carbonyl (C=O) groups is 1. The van der Waals surface area contributed by atoms with Crippen LogP contribution >= 0.6 is 23.1 Å². The van der Waals surface area contributed by atoms with Crippen LogP contribution in [0.1, 0.15) is 13.8 Å². The summed E-state index contributed by atoms with van der Waals surface area (Å²) in [5, 5.41) is 14.2. The van der Waals surface area contributed by atoms with E-state index in [0.29, 0.717) is 16.8 Å². The third-order valence-electron chi connectivity index (χ3n) is 3.67. The Morgan fingerprint density at radius 2 is 2.27 bits per heavy atom. The van der Waals surface area contributed by atoms with Crippen LogP contribution in [0.25, 0.3) is 11.4 Å². The first-order chi connectivity index (χ1) is 12.6. The molecule has 2 aromatic heterocycles. The zero-order chi connectivity index (χ0) is 18.5. The SMILES string of the molecule is CCn1c(S[C@@H](C)C(=O)Nc2nccs2)nnc1-c1cccc(OC)c1. The Bertz CT molecular complexity index is 879. The molecule has 1 aromatic carbocycles. The fourth-order valence-electron chi connectivity index (χ4n) is 2.34. The van der Waals surface area contributed by atoms with E-state index < -0.39 is 0 Å². The van der Waals surface area contributed by atoms with E-state index in [1.165, 1.54) is 23.1 Å². The highest BCUT2D eigenvalue weighted by Crippen LogP contribution is 2.29. The highest BCUT2D eigenvalue weighted by atomic mass is 32.2. The molecule has 0 aliphatic rings. The van der Waals surface area contributed by atoms with Gasteiger partial charge in [0.1, 0.15) is 5.75 Å². The lowest BCUT2D eigenvalue weighted by atomic mass is 10.2. The van der Waals surface area contributed by atoms with Crippen molar-refractivity contribution in [1.29, 1.82) is 0 Å². The van der Waals surface area contributed by atoms with Gasteiger partial charge in [-0.3, -0.25) is 4.79 Å². The number of ether oxygens (including phenoxy) is 1. The molecular formula is C17H19N5O2S2. The number of thioether (sulfide) groups is 1. The van der Waals surface area contributed by atoms with Gasteiger partial charge in [0.05, 0.1) is 12.4 Å². The molecule has 0 fully saturated rings. The van der Waals surface area contributed by atoms with E-state index >= 15 is 0 Å². The molecule has 0 aliphatic heterocycles. The van der Waals surface area contributed by atoms with Gasteiger partial charge in [0.25, 0.3) is 0 Å². The Labute approximate surface area is 159 Å². The van der Waals surface area contributed by atoms with Crippen LogP contribution in [0.3, 0.4) is 0 Å². The van der Waals surface area contributed by atoms with Crippen molar-refractivity contribution < 1.29 is 9.53 Å². The lowest BCUT2D eigenvalue weighted by molar-refractivity contribution is -0.115. The minimum Gasteiger partial charge on any atom is -0.497 e. The molecule has 1 atom stereocenters. The second kappa shape index (κ2) is 8.33. The predicted molar refractivity (Wildman–Crippen MR) is 104 cm³/mol. The zero-order valence-corrected chi connectivity index (χ0v) is 16.3. The summed E-state index contributed by atoms with van der Waals surface area (Å²) in [6, 6.07) is 7.69. The van der Waals surface area contributed by atoms with Gasteiger partial charge in [-0.1, -0.05) is 23.9 Å². The van der Waals surface area contributed by atoms with Crippen LogP contribution in [0.5, 0.6) is 5.75 Å². The van der Waals surface area contributed by atoms with Crippen molar-refractivity contribution in [3.63, 3.8) is 0 Å². The summed E-state index contributed by atoms with van der Waals surface area (Å²) in [6.07, 6.45) is 1.66. The maximum absolute atomic E-state index is 12.3. The molecule has 136 valence electrons. The summed E-state index contributed by atoms with van der Waals surface area (Å²) in [5.74, 6) is 1.40. The smallest absolute Gasteiger partial charge is 0.239 e. The van der Waals surface area contributed by atoms with Gasteiger partial charge in [0, 0.05) is 23.7 Å². The molecule has 3 aromatic rings. The summed E-state index contributed by atoms with van der Waals surface area (Å²) in [4.78, 5) is 16.4. The van der Waals surface area contributed by atoms with Crippen LogP contribution in [0.15, 0.2) is 41.0 Å². The second-order valence-corrected chi connectivity index (χ2v) is 7.57. The quantitative estimate of drug-likeness (QED) is 0.622. The fourth-order valence-corrected chi connectivity index (χ4v) is 3.79. The van der Waals surface area contributed by atoms with Crippen LogP contribution in [-0.4, -0.2) is 38.0 Å². The number of nitrogens with one attached hydrogen (secondary N) is 1. The number of methoxy groups -OCH3 is 1. The van der Waals surface area contributed by atoms with E-state index in [0.717, 1.165) is 17.1 Å². The summed E-state index contributed by atoms with van der Waals surface area (Å²) in [6.45, 7) is 4.56. The number of rotatable bonds is 7. The zero-order valence-electron chi connectivity index (χ0n) is 14.7. The molecule has 0 aliphatic carbocycles. The van der Waals surface area contributed by atoms with E-state index in [9.17, 15) is 4.79 Å². The van der Waals surface area contributed by atoms with E-state index in [4.69, 9.17) is 4.74 Å². The largest absolute Gasteiger partial charge is 0.497 e. The Balaban J connectivity index is 1.78. The van der Waals surface area contributed by atoms with Crippen molar-refractivity contribution in [2.75, 3.05) is 12.4 Å². The Morgan fingerprint density at radius 1 is 1.42 bits per heavy atom. The molecule has 3 rings (SSSR count). The fraction of sp³-hybridized carbons (Fsp3) is 0.294. The Hall–Kier alpha value is -2.39. The van der Waals surface area contributed by atoms with Crippen molar-refractivity contribution in [2.24, 2.45) is 0 Å². The first-order valence-electron chi connectivity index (χ1n) is 8.07. The highest BCUT2D eigenvalue weighted by molar-refractivity contribution is 8.00. The highest BCUT2D eigenvalue weighted by Gasteiger charge is 2.21. The van der Waals surface area contributed by atoms with Gasteiger partial charge in [-0.15, -0.1) is 21.5 Å². The molecule has 0 saturated carbocycles. The first kappa shape index (κ1) is 18.4. The van der Waals surface area contributed by atoms with Gasteiger partial charge in [-0.25, -0.2) is 4.98 Å². The van der Waals surface area contributed by atoms with Gasteiger partial charge in [-0.2, -0.15) is 0 Å². The molecule has 0 bridgehead atoms. The molecule has 0 unspecified atom stereocenters. The van der Waals surface area contributed by atoms with Crippen LogP contribution in [-0.2, 0) is 11.3 Å². The molecular weight excluding hydrogens is 370 g/mol. The molecule has 0 spiro atoms. The van der Waals surface area contributed by atoms with Crippen LogP contribution in [0.4, 0.5) is 5.13 Å². The maximum atomic E-state index is 12.3. The summed E-state index contributed by atoms with van der Waals surface area (Å²) in [5.41, 5.74) is 0.922.